The second kappa shape index (κ2) is 7.24. The van der Waals surface area contributed by atoms with E-state index in [2.05, 4.69) is 31.5 Å². The molecule has 1 aromatic heterocycles. The average molecular weight is 380 g/mol. The van der Waals surface area contributed by atoms with E-state index in [0.29, 0.717) is 5.13 Å². The van der Waals surface area contributed by atoms with E-state index in [0.717, 1.165) is 23.0 Å². The molecule has 1 aliphatic carbocycles. The Labute approximate surface area is 142 Å². The van der Waals surface area contributed by atoms with E-state index in [1.54, 1.807) is 11.3 Å². The van der Waals surface area contributed by atoms with E-state index in [9.17, 15) is 4.79 Å². The number of aromatic nitrogens is 1. The van der Waals surface area contributed by atoms with Crippen LogP contribution in [0.25, 0.3) is 0 Å². The normalized spacial score (nSPS) is 14.6. The van der Waals surface area contributed by atoms with Crippen molar-refractivity contribution in [3.05, 3.63) is 39.3 Å². The number of hydrogen-bond acceptors (Lipinski definition) is 3. The van der Waals surface area contributed by atoms with Gasteiger partial charge in [-0.1, -0.05) is 28.8 Å². The predicted octanol–water partition coefficient (Wildman–Crippen LogP) is 5.21. The first-order valence-electron chi connectivity index (χ1n) is 7.53. The summed E-state index contributed by atoms with van der Waals surface area (Å²) in [7, 11) is 0. The lowest BCUT2D eigenvalue weighted by Gasteiger charge is -2.06. The predicted molar refractivity (Wildman–Crippen MR) is 94.8 cm³/mol. The van der Waals surface area contributed by atoms with Crippen molar-refractivity contribution in [1.29, 1.82) is 0 Å². The van der Waals surface area contributed by atoms with Crippen LogP contribution in [-0.2, 0) is 12.8 Å². The van der Waals surface area contributed by atoms with E-state index in [-0.39, 0.29) is 6.03 Å². The Balaban J connectivity index is 1.63. The summed E-state index contributed by atoms with van der Waals surface area (Å²) < 4.78 is 0.984. The number of carbonyl (C=O) groups is 1. The van der Waals surface area contributed by atoms with Crippen LogP contribution in [-0.4, -0.2) is 11.0 Å². The quantitative estimate of drug-likeness (QED) is 0.752. The molecule has 116 valence electrons. The lowest BCUT2D eigenvalue weighted by atomic mass is 10.0. The molecule has 2 aromatic rings. The third-order valence-electron chi connectivity index (χ3n) is 3.67. The fourth-order valence-corrected chi connectivity index (χ4v) is 3.86. The molecule has 0 saturated carbocycles. The molecule has 1 heterocycles. The lowest BCUT2D eigenvalue weighted by molar-refractivity contribution is 0.262. The number of urea groups is 1. The van der Waals surface area contributed by atoms with E-state index in [4.69, 9.17) is 0 Å². The minimum Gasteiger partial charge on any atom is -0.308 e. The Hall–Kier alpha value is -1.40. The highest BCUT2D eigenvalue weighted by atomic mass is 79.9. The van der Waals surface area contributed by atoms with Gasteiger partial charge < -0.3 is 5.32 Å². The molecule has 0 bridgehead atoms. The van der Waals surface area contributed by atoms with Gasteiger partial charge in [-0.05, 0) is 49.9 Å². The first-order valence-corrected chi connectivity index (χ1v) is 9.14. The molecule has 0 saturated heterocycles. The molecule has 3 rings (SSSR count). The Kier molecular flexibility index (Phi) is 5.10. The summed E-state index contributed by atoms with van der Waals surface area (Å²) in [6, 6.07) is 7.24. The zero-order valence-electron chi connectivity index (χ0n) is 12.2. The van der Waals surface area contributed by atoms with Gasteiger partial charge in [0, 0.05) is 15.0 Å². The van der Waals surface area contributed by atoms with Crippen molar-refractivity contribution in [2.75, 3.05) is 10.6 Å². The van der Waals surface area contributed by atoms with Crippen LogP contribution < -0.4 is 10.6 Å². The number of rotatable bonds is 2. The highest BCUT2D eigenvalue weighted by Crippen LogP contribution is 2.28. The minimum atomic E-state index is -0.246. The highest BCUT2D eigenvalue weighted by molar-refractivity contribution is 9.10. The van der Waals surface area contributed by atoms with Gasteiger partial charge in [-0.3, -0.25) is 5.32 Å². The van der Waals surface area contributed by atoms with Crippen LogP contribution >= 0.6 is 27.3 Å². The molecule has 4 nitrogen and oxygen atoms in total. The van der Waals surface area contributed by atoms with Crippen molar-refractivity contribution >= 4 is 44.1 Å². The fourth-order valence-electron chi connectivity index (χ4n) is 2.55. The molecule has 1 aliphatic rings. The summed E-state index contributed by atoms with van der Waals surface area (Å²) in [6.45, 7) is 0. The number of thiazole rings is 1. The molecule has 2 amide bonds. The molecule has 6 heteroatoms. The topological polar surface area (TPSA) is 54.0 Å². The number of hydrogen-bond donors (Lipinski definition) is 2. The van der Waals surface area contributed by atoms with Gasteiger partial charge in [-0.15, -0.1) is 11.3 Å². The minimum absolute atomic E-state index is 0.246. The largest absolute Gasteiger partial charge is 0.325 e. The molecule has 0 fully saturated rings. The maximum Gasteiger partial charge on any atom is 0.325 e. The number of fused-ring (bicyclic) bond motifs is 1. The number of carbonyl (C=O) groups excluding carboxylic acids is 1. The van der Waals surface area contributed by atoms with Crippen molar-refractivity contribution < 1.29 is 4.79 Å². The lowest BCUT2D eigenvalue weighted by Crippen LogP contribution is -2.19. The number of halogens is 1. The van der Waals surface area contributed by atoms with Crippen molar-refractivity contribution in [1.82, 2.24) is 4.98 Å². The molecule has 0 atom stereocenters. The zero-order chi connectivity index (χ0) is 15.4. The zero-order valence-corrected chi connectivity index (χ0v) is 14.6. The Morgan fingerprint density at radius 3 is 2.55 bits per heavy atom. The summed E-state index contributed by atoms with van der Waals surface area (Å²) in [5.74, 6) is 0. The van der Waals surface area contributed by atoms with Crippen LogP contribution in [0.5, 0.6) is 0 Å². The molecule has 0 unspecified atom stereocenters. The number of amides is 2. The number of aryl methyl sites for hydroxylation is 2. The van der Waals surface area contributed by atoms with Crippen molar-refractivity contribution in [3.63, 3.8) is 0 Å². The summed E-state index contributed by atoms with van der Waals surface area (Å²) in [5, 5.41) is 6.36. The number of nitrogens with zero attached hydrogens (tertiary/aromatic N) is 1. The first-order chi connectivity index (χ1) is 10.7. The van der Waals surface area contributed by atoms with E-state index >= 15 is 0 Å². The standard InChI is InChI=1S/C16H18BrN3OS/c17-11-7-9-12(10-8-11)18-15(21)20-16-19-13-5-3-1-2-4-6-14(13)22-16/h7-10H,1-6H2,(H2,18,19,20,21). The SMILES string of the molecule is O=C(Nc1ccc(Br)cc1)Nc1nc2c(s1)CCCCCC2. The van der Waals surface area contributed by atoms with Gasteiger partial charge >= 0.3 is 6.03 Å². The van der Waals surface area contributed by atoms with Gasteiger partial charge in [0.25, 0.3) is 0 Å². The molecule has 1 aromatic carbocycles. The van der Waals surface area contributed by atoms with Crippen LogP contribution in [0.3, 0.4) is 0 Å². The van der Waals surface area contributed by atoms with Crippen molar-refractivity contribution in [2.45, 2.75) is 38.5 Å². The van der Waals surface area contributed by atoms with Crippen LogP contribution in [0.1, 0.15) is 36.3 Å². The van der Waals surface area contributed by atoms with Gasteiger partial charge in [0.1, 0.15) is 0 Å². The van der Waals surface area contributed by atoms with Crippen molar-refractivity contribution in [3.8, 4) is 0 Å². The van der Waals surface area contributed by atoms with E-state index in [1.807, 2.05) is 24.3 Å². The summed E-state index contributed by atoms with van der Waals surface area (Å²) in [4.78, 5) is 18.0. The molecule has 0 spiro atoms. The number of anilines is 2. The van der Waals surface area contributed by atoms with Gasteiger partial charge in [0.2, 0.25) is 0 Å². The van der Waals surface area contributed by atoms with Crippen LogP contribution in [0, 0.1) is 0 Å². The van der Waals surface area contributed by atoms with Gasteiger partial charge in [0.15, 0.2) is 5.13 Å². The molecule has 22 heavy (non-hydrogen) atoms. The van der Waals surface area contributed by atoms with Crippen molar-refractivity contribution in [2.24, 2.45) is 0 Å². The molecule has 2 N–H and O–H groups in total. The monoisotopic (exact) mass is 379 g/mol. The highest BCUT2D eigenvalue weighted by Gasteiger charge is 2.14. The Morgan fingerprint density at radius 2 is 1.77 bits per heavy atom. The van der Waals surface area contributed by atoms with Crippen LogP contribution in [0.4, 0.5) is 15.6 Å². The van der Waals surface area contributed by atoms with Gasteiger partial charge in [-0.2, -0.15) is 0 Å². The first kappa shape index (κ1) is 15.5. The smallest absolute Gasteiger partial charge is 0.308 e. The molecule has 0 radical (unpaired) electrons. The maximum atomic E-state index is 12.0. The molecular weight excluding hydrogens is 362 g/mol. The molecule has 0 aliphatic heterocycles. The number of nitrogens with one attached hydrogen (secondary N) is 2. The number of benzene rings is 1. The van der Waals surface area contributed by atoms with E-state index in [1.165, 1.54) is 36.3 Å². The van der Waals surface area contributed by atoms with E-state index < -0.39 is 0 Å². The van der Waals surface area contributed by atoms with Crippen LogP contribution in [0.2, 0.25) is 0 Å². The Bertz CT molecular complexity index is 628. The van der Waals surface area contributed by atoms with Gasteiger partial charge in [0.05, 0.1) is 5.69 Å². The second-order valence-electron chi connectivity index (χ2n) is 5.39. The Morgan fingerprint density at radius 1 is 1.05 bits per heavy atom. The summed E-state index contributed by atoms with van der Waals surface area (Å²) in [6.07, 6.45) is 7.11. The fraction of sp³-hybridized carbons (Fsp3) is 0.375. The summed E-state index contributed by atoms with van der Waals surface area (Å²) in [5.41, 5.74) is 1.93. The molecular formula is C16H18BrN3OS. The summed E-state index contributed by atoms with van der Waals surface area (Å²) >= 11 is 4.98. The third kappa shape index (κ3) is 4.08. The maximum absolute atomic E-state index is 12.0. The average Bonchev–Trinajstić information content (AvgIpc) is 2.82. The second-order valence-corrected chi connectivity index (χ2v) is 7.39. The van der Waals surface area contributed by atoms with Crippen LogP contribution in [0.15, 0.2) is 28.7 Å². The third-order valence-corrected chi connectivity index (χ3v) is 5.27. The van der Waals surface area contributed by atoms with Gasteiger partial charge in [-0.25, -0.2) is 9.78 Å².